The Kier molecular flexibility index (Phi) is 3.34. The predicted molar refractivity (Wildman–Crippen MR) is 81.1 cm³/mol. The van der Waals surface area contributed by atoms with Crippen LogP contribution in [-0.2, 0) is 0 Å². The second-order valence-electron chi connectivity index (χ2n) is 4.45. The Hall–Kier alpha value is -1.67. The molecule has 0 heterocycles. The Morgan fingerprint density at radius 3 is 2.21 bits per heavy atom. The van der Waals surface area contributed by atoms with Crippen molar-refractivity contribution in [3.8, 4) is 0 Å². The lowest BCUT2D eigenvalue weighted by Crippen LogP contribution is -1.97. The zero-order valence-corrected chi connectivity index (χ0v) is 11.8. The van der Waals surface area contributed by atoms with Gasteiger partial charge in [0.1, 0.15) is 5.82 Å². The zero-order valence-electron chi connectivity index (χ0n) is 10.2. The number of alkyl halides is 1. The molecule has 1 atom stereocenters. The van der Waals surface area contributed by atoms with Gasteiger partial charge in [-0.1, -0.05) is 76.6 Å². The second-order valence-corrected chi connectivity index (χ2v) is 5.37. The van der Waals surface area contributed by atoms with E-state index in [1.807, 2.05) is 36.4 Å². The maximum absolute atomic E-state index is 13.9. The van der Waals surface area contributed by atoms with Gasteiger partial charge in [0.15, 0.2) is 0 Å². The fraction of sp³-hybridized carbons (Fsp3) is 0.0588. The molecular weight excluding hydrogens is 303 g/mol. The largest absolute Gasteiger partial charge is 0.207 e. The van der Waals surface area contributed by atoms with Crippen molar-refractivity contribution < 1.29 is 4.39 Å². The van der Waals surface area contributed by atoms with Gasteiger partial charge in [0.05, 0.1) is 4.83 Å². The minimum Gasteiger partial charge on any atom is -0.207 e. The van der Waals surface area contributed by atoms with E-state index in [4.69, 9.17) is 0 Å². The molecular formula is C17H12BrF. The van der Waals surface area contributed by atoms with Gasteiger partial charge in [-0.15, -0.1) is 0 Å². The minimum absolute atomic E-state index is 0.139. The van der Waals surface area contributed by atoms with Crippen LogP contribution in [0.1, 0.15) is 16.0 Å². The molecule has 0 saturated heterocycles. The van der Waals surface area contributed by atoms with Crippen molar-refractivity contribution in [3.63, 3.8) is 0 Å². The Morgan fingerprint density at radius 1 is 0.737 bits per heavy atom. The summed E-state index contributed by atoms with van der Waals surface area (Å²) in [5, 5.41) is 2.32. The van der Waals surface area contributed by atoms with Gasteiger partial charge < -0.3 is 0 Å². The van der Waals surface area contributed by atoms with Gasteiger partial charge in [0.2, 0.25) is 0 Å². The van der Waals surface area contributed by atoms with E-state index in [0.29, 0.717) is 5.56 Å². The van der Waals surface area contributed by atoms with Gasteiger partial charge in [0, 0.05) is 5.56 Å². The predicted octanol–water partition coefficient (Wildman–Crippen LogP) is 5.46. The third-order valence-corrected chi connectivity index (χ3v) is 4.26. The summed E-state index contributed by atoms with van der Waals surface area (Å²) >= 11 is 3.63. The molecule has 3 aromatic rings. The summed E-state index contributed by atoms with van der Waals surface area (Å²) in [7, 11) is 0. The van der Waals surface area contributed by atoms with Crippen LogP contribution < -0.4 is 0 Å². The highest BCUT2D eigenvalue weighted by atomic mass is 79.9. The monoisotopic (exact) mass is 314 g/mol. The van der Waals surface area contributed by atoms with Crippen LogP contribution in [0, 0.1) is 5.82 Å². The van der Waals surface area contributed by atoms with E-state index in [9.17, 15) is 4.39 Å². The van der Waals surface area contributed by atoms with E-state index in [-0.39, 0.29) is 10.6 Å². The van der Waals surface area contributed by atoms with Crippen LogP contribution in [0.5, 0.6) is 0 Å². The number of hydrogen-bond acceptors (Lipinski definition) is 0. The minimum atomic E-state index is -0.183. The first-order valence-electron chi connectivity index (χ1n) is 6.13. The topological polar surface area (TPSA) is 0 Å². The third kappa shape index (κ3) is 2.28. The van der Waals surface area contributed by atoms with E-state index in [2.05, 4.69) is 34.1 Å². The zero-order chi connectivity index (χ0) is 13.2. The fourth-order valence-electron chi connectivity index (χ4n) is 2.32. The first-order valence-corrected chi connectivity index (χ1v) is 7.05. The highest BCUT2D eigenvalue weighted by Crippen LogP contribution is 2.36. The summed E-state index contributed by atoms with van der Waals surface area (Å²) in [6.07, 6.45) is 0. The molecule has 0 aromatic heterocycles. The van der Waals surface area contributed by atoms with E-state index in [0.717, 1.165) is 10.9 Å². The fourth-order valence-corrected chi connectivity index (χ4v) is 3.09. The van der Waals surface area contributed by atoms with Crippen LogP contribution in [0.25, 0.3) is 10.8 Å². The van der Waals surface area contributed by atoms with Crippen LogP contribution in [0.3, 0.4) is 0 Å². The molecule has 3 rings (SSSR count). The summed E-state index contributed by atoms with van der Waals surface area (Å²) < 4.78 is 13.9. The van der Waals surface area contributed by atoms with Crippen molar-refractivity contribution in [2.45, 2.75) is 4.83 Å². The van der Waals surface area contributed by atoms with Crippen LogP contribution in [0.2, 0.25) is 0 Å². The normalized spacial score (nSPS) is 12.5. The van der Waals surface area contributed by atoms with Crippen molar-refractivity contribution in [2.24, 2.45) is 0 Å². The lowest BCUT2D eigenvalue weighted by atomic mass is 9.98. The molecule has 0 saturated carbocycles. The van der Waals surface area contributed by atoms with E-state index in [1.54, 1.807) is 6.07 Å². The summed E-state index contributed by atoms with van der Waals surface area (Å²) in [5.41, 5.74) is 1.75. The first-order chi connectivity index (χ1) is 9.27. The molecule has 19 heavy (non-hydrogen) atoms. The van der Waals surface area contributed by atoms with Crippen molar-refractivity contribution in [1.82, 2.24) is 0 Å². The Bertz CT molecular complexity index is 716. The summed E-state index contributed by atoms with van der Waals surface area (Å²) in [5.74, 6) is -0.183. The molecule has 3 aromatic carbocycles. The molecule has 0 radical (unpaired) electrons. The van der Waals surface area contributed by atoms with Gasteiger partial charge in [-0.05, 0) is 22.4 Å². The molecule has 0 nitrogen and oxygen atoms in total. The summed E-state index contributed by atoms with van der Waals surface area (Å²) in [4.78, 5) is -0.139. The highest BCUT2D eigenvalue weighted by molar-refractivity contribution is 9.09. The van der Waals surface area contributed by atoms with Crippen LogP contribution in [-0.4, -0.2) is 0 Å². The van der Waals surface area contributed by atoms with E-state index < -0.39 is 0 Å². The SMILES string of the molecule is Fc1ccccc1C(Br)c1cccc2ccccc12. The molecule has 0 aliphatic rings. The lowest BCUT2D eigenvalue weighted by molar-refractivity contribution is 0.614. The number of benzene rings is 3. The molecule has 0 bridgehead atoms. The first kappa shape index (κ1) is 12.4. The Labute approximate surface area is 120 Å². The molecule has 94 valence electrons. The van der Waals surface area contributed by atoms with Crippen molar-refractivity contribution in [2.75, 3.05) is 0 Å². The standard InChI is InChI=1S/C17H12BrF/c18-17(15-9-3-4-11-16(15)19)14-10-5-7-12-6-1-2-8-13(12)14/h1-11,17H. The van der Waals surface area contributed by atoms with Crippen LogP contribution in [0.4, 0.5) is 4.39 Å². The molecule has 0 spiro atoms. The molecule has 2 heteroatoms. The number of fused-ring (bicyclic) bond motifs is 1. The number of hydrogen-bond donors (Lipinski definition) is 0. The van der Waals surface area contributed by atoms with Gasteiger partial charge in [0.25, 0.3) is 0 Å². The van der Waals surface area contributed by atoms with Crippen LogP contribution in [0.15, 0.2) is 66.7 Å². The molecule has 0 fully saturated rings. The third-order valence-electron chi connectivity index (χ3n) is 3.27. The second kappa shape index (κ2) is 5.14. The van der Waals surface area contributed by atoms with Crippen molar-refractivity contribution in [3.05, 3.63) is 83.7 Å². The van der Waals surface area contributed by atoms with E-state index in [1.165, 1.54) is 11.5 Å². The molecule has 0 amide bonds. The molecule has 0 N–H and O–H groups in total. The number of halogens is 2. The quantitative estimate of drug-likeness (QED) is 0.551. The van der Waals surface area contributed by atoms with Crippen LogP contribution >= 0.6 is 15.9 Å². The highest BCUT2D eigenvalue weighted by Gasteiger charge is 2.16. The van der Waals surface area contributed by atoms with Crippen molar-refractivity contribution >= 4 is 26.7 Å². The van der Waals surface area contributed by atoms with Gasteiger partial charge in [-0.3, -0.25) is 0 Å². The van der Waals surface area contributed by atoms with E-state index >= 15 is 0 Å². The smallest absolute Gasteiger partial charge is 0.127 e. The number of rotatable bonds is 2. The summed E-state index contributed by atoms with van der Waals surface area (Å²) in [6.45, 7) is 0. The lowest BCUT2D eigenvalue weighted by Gasteiger charge is -2.14. The Balaban J connectivity index is 2.17. The molecule has 0 aliphatic carbocycles. The van der Waals surface area contributed by atoms with Crippen molar-refractivity contribution in [1.29, 1.82) is 0 Å². The molecule has 1 unspecified atom stereocenters. The maximum Gasteiger partial charge on any atom is 0.127 e. The Morgan fingerprint density at radius 2 is 1.37 bits per heavy atom. The maximum atomic E-state index is 13.9. The average molecular weight is 315 g/mol. The summed E-state index contributed by atoms with van der Waals surface area (Å²) in [6, 6.07) is 21.1. The van der Waals surface area contributed by atoms with Gasteiger partial charge in [-0.25, -0.2) is 4.39 Å². The average Bonchev–Trinajstić information content (AvgIpc) is 2.46. The molecule has 0 aliphatic heterocycles. The van der Waals surface area contributed by atoms with Gasteiger partial charge >= 0.3 is 0 Å². The van der Waals surface area contributed by atoms with Gasteiger partial charge in [-0.2, -0.15) is 0 Å².